The smallest absolute Gasteiger partial charge is 0.243 e. The molecule has 4 nitrogen and oxygen atoms in total. The summed E-state index contributed by atoms with van der Waals surface area (Å²) in [5.74, 6) is 0.375. The maximum Gasteiger partial charge on any atom is 0.243 e. The zero-order valence-electron chi connectivity index (χ0n) is 12.0. The second kappa shape index (κ2) is 6.57. The van der Waals surface area contributed by atoms with Gasteiger partial charge in [-0.15, -0.1) is 0 Å². The van der Waals surface area contributed by atoms with Gasteiger partial charge in [0.05, 0.1) is 6.26 Å². The molecule has 106 valence electrons. The van der Waals surface area contributed by atoms with Gasteiger partial charge in [-0.3, -0.25) is 4.79 Å². The number of hydrogen-bond acceptors (Lipinski definition) is 3. The average Bonchev–Trinajstić information content (AvgIpc) is 2.78. The number of nitrogens with one attached hydrogen (secondary N) is 1. The first-order valence-electron chi connectivity index (χ1n) is 6.49. The van der Waals surface area contributed by atoms with Crippen molar-refractivity contribution in [2.75, 3.05) is 0 Å². The van der Waals surface area contributed by atoms with Crippen molar-refractivity contribution < 1.29 is 14.3 Å². The Balaban J connectivity index is 2.41. The highest BCUT2D eigenvalue weighted by Crippen LogP contribution is 2.18. The zero-order valence-corrected chi connectivity index (χ0v) is 12.0. The molecule has 0 aromatic carbocycles. The number of carbonyl (C=O) groups is 1. The maximum atomic E-state index is 11.7. The molecule has 19 heavy (non-hydrogen) atoms. The number of aliphatic hydroxyl groups is 1. The van der Waals surface area contributed by atoms with E-state index in [4.69, 9.17) is 4.42 Å². The van der Waals surface area contributed by atoms with Crippen LogP contribution in [-0.2, 0) is 4.79 Å². The molecule has 0 spiro atoms. The van der Waals surface area contributed by atoms with Crippen molar-refractivity contribution in [1.29, 1.82) is 0 Å². The highest BCUT2D eigenvalue weighted by molar-refractivity contribution is 5.87. The Labute approximate surface area is 114 Å². The van der Waals surface area contributed by atoms with Crippen LogP contribution in [0.25, 0.3) is 0 Å². The van der Waals surface area contributed by atoms with E-state index in [9.17, 15) is 9.90 Å². The summed E-state index contributed by atoms with van der Waals surface area (Å²) in [5.41, 5.74) is -0.0196. The van der Waals surface area contributed by atoms with E-state index < -0.39 is 6.10 Å². The van der Waals surface area contributed by atoms with Gasteiger partial charge in [-0.25, -0.2) is 0 Å². The Kier molecular flexibility index (Phi) is 5.36. The van der Waals surface area contributed by atoms with Crippen molar-refractivity contribution >= 4 is 5.91 Å². The van der Waals surface area contributed by atoms with Gasteiger partial charge in [0.25, 0.3) is 0 Å². The maximum absolute atomic E-state index is 11.7. The Morgan fingerprint density at radius 1 is 1.53 bits per heavy atom. The summed E-state index contributed by atoms with van der Waals surface area (Å²) in [4.78, 5) is 11.7. The first-order chi connectivity index (χ1) is 8.78. The lowest BCUT2D eigenvalue weighted by Crippen LogP contribution is -2.32. The van der Waals surface area contributed by atoms with Gasteiger partial charge >= 0.3 is 0 Å². The molecule has 0 radical (unpaired) electrons. The van der Waals surface area contributed by atoms with E-state index in [0.29, 0.717) is 12.2 Å². The molecule has 0 aliphatic heterocycles. The van der Waals surface area contributed by atoms with Crippen molar-refractivity contribution in [1.82, 2.24) is 5.32 Å². The van der Waals surface area contributed by atoms with Crippen molar-refractivity contribution in [3.05, 3.63) is 36.3 Å². The van der Waals surface area contributed by atoms with Crippen molar-refractivity contribution in [3.8, 4) is 0 Å². The summed E-state index contributed by atoms with van der Waals surface area (Å²) in [6.07, 6.45) is 4.64. The molecule has 0 saturated carbocycles. The number of aliphatic hydroxyl groups excluding tert-OH is 1. The molecule has 1 amide bonds. The van der Waals surface area contributed by atoms with Crippen LogP contribution >= 0.6 is 0 Å². The number of furan rings is 1. The van der Waals surface area contributed by atoms with Gasteiger partial charge in [-0.05, 0) is 30.5 Å². The van der Waals surface area contributed by atoms with E-state index >= 15 is 0 Å². The summed E-state index contributed by atoms with van der Waals surface area (Å²) >= 11 is 0. The van der Waals surface area contributed by atoms with Crippen LogP contribution in [0.15, 0.2) is 35.0 Å². The highest BCUT2D eigenvalue weighted by Gasteiger charge is 2.15. The van der Waals surface area contributed by atoms with E-state index in [0.717, 1.165) is 0 Å². The fourth-order valence-electron chi connectivity index (χ4n) is 1.61. The molecule has 1 aromatic heterocycles. The third-order valence-corrected chi connectivity index (χ3v) is 2.57. The predicted octanol–water partition coefficient (Wildman–Crippen LogP) is 2.81. The molecule has 2 atom stereocenters. The fourth-order valence-corrected chi connectivity index (χ4v) is 1.61. The first-order valence-corrected chi connectivity index (χ1v) is 6.49. The SMILES string of the molecule is CC(CC(O)c1ccco1)NC(=O)/C=C/C(C)(C)C. The first kappa shape index (κ1) is 15.5. The van der Waals surface area contributed by atoms with E-state index in [2.05, 4.69) is 5.32 Å². The van der Waals surface area contributed by atoms with Crippen LogP contribution in [0.3, 0.4) is 0 Å². The van der Waals surface area contributed by atoms with Crippen LogP contribution in [0.2, 0.25) is 0 Å². The van der Waals surface area contributed by atoms with Crippen molar-refractivity contribution in [2.45, 2.75) is 46.3 Å². The number of amides is 1. The minimum atomic E-state index is -0.697. The highest BCUT2D eigenvalue weighted by atomic mass is 16.4. The lowest BCUT2D eigenvalue weighted by atomic mass is 9.96. The molecule has 0 aliphatic carbocycles. The topological polar surface area (TPSA) is 62.5 Å². The predicted molar refractivity (Wildman–Crippen MR) is 74.5 cm³/mol. The zero-order chi connectivity index (χ0) is 14.5. The lowest BCUT2D eigenvalue weighted by Gasteiger charge is -2.16. The molecule has 1 rings (SSSR count). The number of hydrogen-bond donors (Lipinski definition) is 2. The van der Waals surface area contributed by atoms with Crippen LogP contribution in [0, 0.1) is 5.41 Å². The van der Waals surface area contributed by atoms with Crippen LogP contribution in [0.4, 0.5) is 0 Å². The normalized spacial score (nSPS) is 15.4. The Hall–Kier alpha value is -1.55. The summed E-state index contributed by atoms with van der Waals surface area (Å²) in [5, 5.41) is 12.7. The molecule has 4 heteroatoms. The Morgan fingerprint density at radius 3 is 2.74 bits per heavy atom. The monoisotopic (exact) mass is 265 g/mol. The minimum Gasteiger partial charge on any atom is -0.467 e. The molecule has 0 bridgehead atoms. The van der Waals surface area contributed by atoms with Crippen LogP contribution in [0.5, 0.6) is 0 Å². The second-order valence-electron chi connectivity index (χ2n) is 5.88. The molecule has 0 fully saturated rings. The summed E-state index contributed by atoms with van der Waals surface area (Å²) in [6.45, 7) is 7.94. The Bertz CT molecular complexity index is 415. The summed E-state index contributed by atoms with van der Waals surface area (Å²) in [6, 6.07) is 3.32. The lowest BCUT2D eigenvalue weighted by molar-refractivity contribution is -0.117. The molecule has 2 unspecified atom stereocenters. The van der Waals surface area contributed by atoms with Gasteiger partial charge in [-0.1, -0.05) is 26.8 Å². The van der Waals surface area contributed by atoms with E-state index in [1.165, 1.54) is 12.3 Å². The van der Waals surface area contributed by atoms with Gasteiger partial charge in [0.1, 0.15) is 11.9 Å². The summed E-state index contributed by atoms with van der Waals surface area (Å²) < 4.78 is 5.12. The van der Waals surface area contributed by atoms with E-state index in [1.807, 2.05) is 33.8 Å². The second-order valence-corrected chi connectivity index (χ2v) is 5.88. The quantitative estimate of drug-likeness (QED) is 0.805. The fraction of sp³-hybridized carbons (Fsp3) is 0.533. The van der Waals surface area contributed by atoms with Gasteiger partial charge < -0.3 is 14.8 Å². The summed E-state index contributed by atoms with van der Waals surface area (Å²) in [7, 11) is 0. The van der Waals surface area contributed by atoms with Gasteiger partial charge in [0.15, 0.2) is 0 Å². The van der Waals surface area contributed by atoms with Crippen LogP contribution in [-0.4, -0.2) is 17.1 Å². The average molecular weight is 265 g/mol. The number of rotatable bonds is 5. The van der Waals surface area contributed by atoms with Crippen molar-refractivity contribution in [2.24, 2.45) is 5.41 Å². The van der Waals surface area contributed by atoms with E-state index in [-0.39, 0.29) is 17.4 Å². The molecule has 0 aliphatic rings. The number of allylic oxidation sites excluding steroid dienone is 1. The molecular formula is C15H23NO3. The number of carbonyl (C=O) groups excluding carboxylic acids is 1. The largest absolute Gasteiger partial charge is 0.467 e. The van der Waals surface area contributed by atoms with Gasteiger partial charge in [0.2, 0.25) is 5.91 Å². The molecule has 1 heterocycles. The third kappa shape index (κ3) is 6.25. The van der Waals surface area contributed by atoms with Crippen LogP contribution < -0.4 is 5.32 Å². The molecule has 2 N–H and O–H groups in total. The minimum absolute atomic E-state index is 0.0196. The van der Waals surface area contributed by atoms with Crippen LogP contribution in [0.1, 0.15) is 46.0 Å². The standard InChI is InChI=1S/C15H23NO3/c1-11(10-12(17)13-6-5-9-19-13)16-14(18)7-8-15(2,3)4/h5-9,11-12,17H,10H2,1-4H3,(H,16,18)/b8-7+. The molecule has 1 aromatic rings. The van der Waals surface area contributed by atoms with Crippen molar-refractivity contribution in [3.63, 3.8) is 0 Å². The third-order valence-electron chi connectivity index (χ3n) is 2.57. The van der Waals surface area contributed by atoms with Gasteiger partial charge in [-0.2, -0.15) is 0 Å². The van der Waals surface area contributed by atoms with E-state index in [1.54, 1.807) is 12.1 Å². The Morgan fingerprint density at radius 2 is 2.21 bits per heavy atom. The van der Waals surface area contributed by atoms with Gasteiger partial charge in [0, 0.05) is 12.5 Å². The molecule has 0 saturated heterocycles. The molecular weight excluding hydrogens is 242 g/mol.